The smallest absolute Gasteiger partial charge is 0.162 e. The number of hydrogen-bond donors (Lipinski definition) is 2. The van der Waals surface area contributed by atoms with E-state index in [-0.39, 0.29) is 40.0 Å². The Morgan fingerprint density at radius 1 is 1.00 bits per heavy atom. The van der Waals surface area contributed by atoms with Gasteiger partial charge < -0.3 is 5.11 Å². The molecule has 8 heteroatoms. The number of halogens is 4. The summed E-state index contributed by atoms with van der Waals surface area (Å²) in [5.74, 6) is -2.01. The van der Waals surface area contributed by atoms with Crippen molar-refractivity contribution in [2.75, 3.05) is 4.90 Å². The molecule has 38 heavy (non-hydrogen) atoms. The van der Waals surface area contributed by atoms with E-state index in [0.29, 0.717) is 39.0 Å². The van der Waals surface area contributed by atoms with Gasteiger partial charge in [0.15, 0.2) is 5.78 Å². The number of carbonyl (C=O) groups excluding carboxylic acids is 1. The summed E-state index contributed by atoms with van der Waals surface area (Å²) in [6.07, 6.45) is 0.699. The summed E-state index contributed by atoms with van der Waals surface area (Å²) in [6.45, 7) is 3.97. The average molecular weight is 570 g/mol. The van der Waals surface area contributed by atoms with Crippen LogP contribution in [-0.4, -0.2) is 16.7 Å². The van der Waals surface area contributed by atoms with Gasteiger partial charge in [-0.25, -0.2) is 4.39 Å². The first kappa shape index (κ1) is 26.5. The number of ketones is 1. The standard InChI is InChI=1S/C30H24Cl3FN2O2/c1-30(2)14-23-26(24(37)15-30)25(19-5-3-4-6-22(19)34)27(28(38)16-7-9-17(31)10-8-16)29(35)36(23)18-11-12-20(32)21(33)13-18/h3-13,25,35,38H,14-15H2,1-2H3/b28-27+,35-29?. The molecule has 0 amide bonds. The first-order valence-corrected chi connectivity index (χ1v) is 13.2. The third kappa shape index (κ3) is 4.64. The summed E-state index contributed by atoms with van der Waals surface area (Å²) in [5.41, 5.74) is 1.75. The van der Waals surface area contributed by atoms with Crippen LogP contribution in [0.4, 0.5) is 10.1 Å². The Hall–Kier alpha value is -3.12. The van der Waals surface area contributed by atoms with Gasteiger partial charge in [-0.2, -0.15) is 0 Å². The molecule has 2 aliphatic rings. The zero-order valence-electron chi connectivity index (χ0n) is 20.7. The van der Waals surface area contributed by atoms with Gasteiger partial charge in [0, 0.05) is 51.0 Å². The average Bonchev–Trinajstić information content (AvgIpc) is 2.85. The van der Waals surface area contributed by atoms with Crippen LogP contribution in [0.5, 0.6) is 0 Å². The molecule has 3 aromatic carbocycles. The second-order valence-corrected chi connectivity index (χ2v) is 11.6. The zero-order valence-corrected chi connectivity index (χ0v) is 22.9. The van der Waals surface area contributed by atoms with E-state index in [1.54, 1.807) is 65.6 Å². The number of aliphatic hydroxyl groups is 1. The number of hydrogen-bond acceptors (Lipinski definition) is 3. The van der Waals surface area contributed by atoms with Gasteiger partial charge in [-0.05, 0) is 60.4 Å². The third-order valence-corrected chi connectivity index (χ3v) is 7.96. The topological polar surface area (TPSA) is 64.4 Å². The van der Waals surface area contributed by atoms with E-state index in [1.165, 1.54) is 6.07 Å². The lowest BCUT2D eigenvalue weighted by Gasteiger charge is -2.45. The van der Waals surface area contributed by atoms with E-state index in [9.17, 15) is 15.3 Å². The Morgan fingerprint density at radius 3 is 2.34 bits per heavy atom. The van der Waals surface area contributed by atoms with Gasteiger partial charge in [-0.1, -0.05) is 66.8 Å². The van der Waals surface area contributed by atoms with E-state index in [2.05, 4.69) is 0 Å². The Balaban J connectivity index is 1.87. The minimum Gasteiger partial charge on any atom is -0.507 e. The van der Waals surface area contributed by atoms with Crippen LogP contribution in [0.3, 0.4) is 0 Å². The summed E-state index contributed by atoms with van der Waals surface area (Å²) in [4.78, 5) is 15.5. The first-order chi connectivity index (χ1) is 18.0. The van der Waals surface area contributed by atoms with Crippen LogP contribution in [0.2, 0.25) is 15.1 Å². The molecule has 0 aromatic heterocycles. The lowest BCUT2D eigenvalue weighted by atomic mass is 9.67. The number of anilines is 1. The van der Waals surface area contributed by atoms with E-state index in [4.69, 9.17) is 34.8 Å². The Labute approximate surface area is 235 Å². The maximum absolute atomic E-state index is 15.4. The van der Waals surface area contributed by atoms with Crippen LogP contribution in [0.15, 0.2) is 83.6 Å². The van der Waals surface area contributed by atoms with Crippen molar-refractivity contribution < 1.29 is 14.3 Å². The monoisotopic (exact) mass is 568 g/mol. The van der Waals surface area contributed by atoms with Crippen molar-refractivity contribution in [3.8, 4) is 0 Å². The van der Waals surface area contributed by atoms with Crippen molar-refractivity contribution in [2.24, 2.45) is 5.41 Å². The fraction of sp³-hybridized carbons (Fsp3) is 0.200. The second kappa shape index (κ2) is 9.88. The van der Waals surface area contributed by atoms with Crippen LogP contribution in [0.1, 0.15) is 43.7 Å². The molecule has 1 unspecified atom stereocenters. The van der Waals surface area contributed by atoms with Crippen molar-refractivity contribution in [2.45, 2.75) is 32.6 Å². The number of nitrogens with one attached hydrogen (secondary N) is 1. The zero-order chi connectivity index (χ0) is 27.4. The maximum Gasteiger partial charge on any atom is 0.162 e. The number of nitrogens with zero attached hydrogens (tertiary/aromatic N) is 1. The van der Waals surface area contributed by atoms with Crippen molar-refractivity contribution in [3.05, 3.63) is 116 Å². The number of Topliss-reactive ketones (excluding diaryl/α,β-unsaturated/α-hetero) is 1. The molecule has 3 aromatic rings. The van der Waals surface area contributed by atoms with Gasteiger partial charge >= 0.3 is 0 Å². The fourth-order valence-electron chi connectivity index (χ4n) is 5.31. The molecule has 1 atom stereocenters. The molecule has 0 fully saturated rings. The molecule has 4 nitrogen and oxygen atoms in total. The molecule has 2 N–H and O–H groups in total. The van der Waals surface area contributed by atoms with Crippen LogP contribution >= 0.6 is 34.8 Å². The second-order valence-electron chi connectivity index (χ2n) is 10.3. The molecule has 1 aliphatic heterocycles. The number of carbonyl (C=O) groups is 1. The molecule has 0 saturated carbocycles. The van der Waals surface area contributed by atoms with Gasteiger partial charge in [-0.15, -0.1) is 0 Å². The maximum atomic E-state index is 15.4. The highest BCUT2D eigenvalue weighted by atomic mass is 35.5. The minimum atomic E-state index is -0.989. The largest absolute Gasteiger partial charge is 0.507 e. The van der Waals surface area contributed by atoms with E-state index in [0.717, 1.165) is 0 Å². The lowest BCUT2D eigenvalue weighted by molar-refractivity contribution is -0.118. The molecule has 0 spiro atoms. The van der Waals surface area contributed by atoms with Crippen LogP contribution < -0.4 is 4.90 Å². The van der Waals surface area contributed by atoms with Gasteiger partial charge in [-0.3, -0.25) is 15.1 Å². The summed E-state index contributed by atoms with van der Waals surface area (Å²) < 4.78 is 15.4. The molecule has 1 heterocycles. The molecule has 0 radical (unpaired) electrons. The van der Waals surface area contributed by atoms with Gasteiger partial charge in [0.2, 0.25) is 0 Å². The minimum absolute atomic E-state index is 0.0895. The Morgan fingerprint density at radius 2 is 1.68 bits per heavy atom. The summed E-state index contributed by atoms with van der Waals surface area (Å²) in [6, 6.07) is 17.6. The van der Waals surface area contributed by atoms with Crippen LogP contribution in [0.25, 0.3) is 5.76 Å². The summed E-state index contributed by atoms with van der Waals surface area (Å²) in [7, 11) is 0. The number of rotatable bonds is 3. The molecule has 0 bridgehead atoms. The van der Waals surface area contributed by atoms with Gasteiger partial charge in [0.25, 0.3) is 0 Å². The van der Waals surface area contributed by atoms with E-state index < -0.39 is 17.2 Å². The number of amidine groups is 1. The van der Waals surface area contributed by atoms with Crippen LogP contribution in [-0.2, 0) is 4.79 Å². The SMILES string of the molecule is CC1(C)CC(=O)C2=C(C1)N(c1ccc(Cl)c(Cl)c1)C(=N)/C(=C(/O)c1ccc(Cl)cc1)C2c1ccccc1F. The number of benzene rings is 3. The fourth-order valence-corrected chi connectivity index (χ4v) is 5.73. The highest BCUT2D eigenvalue weighted by Crippen LogP contribution is 2.52. The Bertz CT molecular complexity index is 1540. The van der Waals surface area contributed by atoms with Gasteiger partial charge in [0.05, 0.1) is 10.0 Å². The quantitative estimate of drug-likeness (QED) is 0.309. The molecule has 194 valence electrons. The first-order valence-electron chi connectivity index (χ1n) is 12.0. The molecule has 5 rings (SSSR count). The van der Waals surface area contributed by atoms with E-state index >= 15 is 4.39 Å². The van der Waals surface area contributed by atoms with E-state index in [1.807, 2.05) is 13.8 Å². The lowest BCUT2D eigenvalue weighted by Crippen LogP contribution is -2.45. The number of aliphatic hydroxyl groups excluding tert-OH is 1. The van der Waals surface area contributed by atoms with Gasteiger partial charge in [0.1, 0.15) is 17.4 Å². The highest BCUT2D eigenvalue weighted by Gasteiger charge is 2.47. The summed E-state index contributed by atoms with van der Waals surface area (Å²) >= 11 is 18.6. The van der Waals surface area contributed by atoms with Crippen molar-refractivity contribution in [1.82, 2.24) is 0 Å². The normalized spacial score (nSPS) is 20.5. The predicted molar refractivity (Wildman–Crippen MR) is 152 cm³/mol. The molecular weight excluding hydrogens is 546 g/mol. The van der Waals surface area contributed by atoms with Crippen LogP contribution in [0, 0.1) is 16.6 Å². The highest BCUT2D eigenvalue weighted by molar-refractivity contribution is 6.42. The number of allylic oxidation sites excluding steroid dienone is 2. The van der Waals surface area contributed by atoms with Crippen molar-refractivity contribution in [3.63, 3.8) is 0 Å². The third-order valence-electron chi connectivity index (χ3n) is 6.97. The molecule has 1 aliphatic carbocycles. The van der Waals surface area contributed by atoms with Crippen molar-refractivity contribution in [1.29, 1.82) is 5.41 Å². The molecular formula is C30H24Cl3FN2O2. The predicted octanol–water partition coefficient (Wildman–Crippen LogP) is 8.98. The molecule has 0 saturated heterocycles. The summed E-state index contributed by atoms with van der Waals surface area (Å²) in [5, 5.41) is 22.1. The Kier molecular flexibility index (Phi) is 6.89. The van der Waals surface area contributed by atoms with Crippen molar-refractivity contribution >= 4 is 57.9 Å².